The van der Waals surface area contributed by atoms with Crippen LogP contribution >= 0.6 is 0 Å². The molecule has 1 aliphatic rings. The fourth-order valence-electron chi connectivity index (χ4n) is 3.61. The van der Waals surface area contributed by atoms with Gasteiger partial charge in [0.25, 0.3) is 0 Å². The van der Waals surface area contributed by atoms with Gasteiger partial charge >= 0.3 is 18.0 Å². The summed E-state index contributed by atoms with van der Waals surface area (Å²) in [6.45, 7) is 3.86. The molecule has 0 spiro atoms. The lowest BCUT2D eigenvalue weighted by Crippen LogP contribution is -2.53. The first-order valence-corrected chi connectivity index (χ1v) is 9.96. The summed E-state index contributed by atoms with van der Waals surface area (Å²) in [4.78, 5) is 40.1. The number of anilines is 1. The molecule has 30 heavy (non-hydrogen) atoms. The van der Waals surface area contributed by atoms with Gasteiger partial charge in [-0.1, -0.05) is 48.5 Å². The van der Waals surface area contributed by atoms with Crippen LogP contribution in [0.1, 0.15) is 31.4 Å². The van der Waals surface area contributed by atoms with Crippen LogP contribution in [-0.2, 0) is 35.8 Å². The molecule has 1 aliphatic heterocycles. The molecule has 1 heterocycles. The van der Waals surface area contributed by atoms with Crippen LogP contribution in [-0.4, -0.2) is 37.8 Å². The Morgan fingerprint density at radius 2 is 1.47 bits per heavy atom. The van der Waals surface area contributed by atoms with Gasteiger partial charge in [0.1, 0.15) is 6.61 Å². The van der Waals surface area contributed by atoms with Crippen molar-refractivity contribution in [2.75, 3.05) is 24.7 Å². The van der Waals surface area contributed by atoms with Crippen molar-refractivity contribution in [1.29, 1.82) is 0 Å². The van der Waals surface area contributed by atoms with Crippen molar-refractivity contribution in [2.45, 2.75) is 32.3 Å². The second kappa shape index (κ2) is 9.43. The smallest absolute Gasteiger partial charge is 0.414 e. The minimum absolute atomic E-state index is 0.0438. The Labute approximate surface area is 175 Å². The van der Waals surface area contributed by atoms with E-state index >= 15 is 0 Å². The van der Waals surface area contributed by atoms with Crippen molar-refractivity contribution in [3.8, 4) is 0 Å². The van der Waals surface area contributed by atoms with Gasteiger partial charge in [-0.25, -0.2) is 4.79 Å². The third kappa shape index (κ3) is 4.01. The second-order valence-electron chi connectivity index (χ2n) is 6.81. The summed E-state index contributed by atoms with van der Waals surface area (Å²) in [6.07, 6.45) is -0.505. The lowest BCUT2D eigenvalue weighted by molar-refractivity contribution is -0.165. The van der Waals surface area contributed by atoms with E-state index in [4.69, 9.17) is 14.2 Å². The predicted molar refractivity (Wildman–Crippen MR) is 110 cm³/mol. The molecule has 2 aromatic carbocycles. The van der Waals surface area contributed by atoms with Crippen LogP contribution in [0.3, 0.4) is 0 Å². The Bertz CT molecular complexity index is 893. The molecule has 2 aromatic rings. The number of benzene rings is 2. The highest BCUT2D eigenvalue weighted by Crippen LogP contribution is 2.42. The average Bonchev–Trinajstić information content (AvgIpc) is 2.77. The van der Waals surface area contributed by atoms with Crippen LogP contribution in [0.15, 0.2) is 54.6 Å². The summed E-state index contributed by atoms with van der Waals surface area (Å²) in [5.74, 6) is -1.35. The summed E-state index contributed by atoms with van der Waals surface area (Å²) in [5.41, 5.74) is 0.0648. The molecule has 3 rings (SSSR count). The molecule has 0 unspecified atom stereocenters. The van der Waals surface area contributed by atoms with Crippen LogP contribution < -0.4 is 4.90 Å². The Hall–Kier alpha value is -3.35. The first-order valence-electron chi connectivity index (χ1n) is 9.96. The molecule has 0 N–H and O–H groups in total. The SMILES string of the molecule is CCOC(=O)C1(C(=O)OCC)CCN(C(=O)OCc2ccccc2)c2ccccc21. The highest BCUT2D eigenvalue weighted by molar-refractivity contribution is 6.09. The Kier molecular flexibility index (Phi) is 6.72. The topological polar surface area (TPSA) is 82.1 Å². The average molecular weight is 411 g/mol. The molecular weight excluding hydrogens is 386 g/mol. The number of amides is 1. The van der Waals surface area contributed by atoms with Gasteiger partial charge in [0, 0.05) is 12.1 Å². The number of hydrogen-bond acceptors (Lipinski definition) is 6. The summed E-state index contributed by atoms with van der Waals surface area (Å²) in [7, 11) is 0. The standard InChI is InChI=1S/C23H25NO6/c1-3-28-20(25)23(21(26)29-4-2)14-15-24(19-13-9-8-12-18(19)23)22(27)30-16-17-10-6-5-7-11-17/h5-13H,3-4,14-16H2,1-2H3. The van der Waals surface area contributed by atoms with Crippen molar-refractivity contribution < 1.29 is 28.6 Å². The lowest BCUT2D eigenvalue weighted by Gasteiger charge is -2.39. The fraction of sp³-hybridized carbons (Fsp3) is 0.348. The van der Waals surface area contributed by atoms with Gasteiger partial charge in [0.2, 0.25) is 0 Å². The summed E-state index contributed by atoms with van der Waals surface area (Å²) in [5, 5.41) is 0. The predicted octanol–water partition coefficient (Wildman–Crippen LogP) is 3.60. The van der Waals surface area contributed by atoms with Crippen LogP contribution in [0.5, 0.6) is 0 Å². The van der Waals surface area contributed by atoms with Crippen LogP contribution in [0.4, 0.5) is 10.5 Å². The highest BCUT2D eigenvalue weighted by Gasteiger charge is 2.54. The Balaban J connectivity index is 1.93. The van der Waals surface area contributed by atoms with Crippen molar-refractivity contribution in [3.63, 3.8) is 0 Å². The van der Waals surface area contributed by atoms with E-state index in [2.05, 4.69) is 0 Å². The first kappa shape index (κ1) is 21.4. The maximum atomic E-state index is 12.9. The van der Waals surface area contributed by atoms with E-state index in [0.29, 0.717) is 11.3 Å². The molecule has 0 radical (unpaired) electrons. The number of ether oxygens (including phenoxy) is 3. The van der Waals surface area contributed by atoms with Crippen LogP contribution in [0.25, 0.3) is 0 Å². The zero-order valence-corrected chi connectivity index (χ0v) is 17.1. The molecular formula is C23H25NO6. The third-order valence-corrected chi connectivity index (χ3v) is 5.04. The van der Waals surface area contributed by atoms with Gasteiger partial charge in [-0.15, -0.1) is 0 Å². The van der Waals surface area contributed by atoms with Gasteiger partial charge < -0.3 is 14.2 Å². The molecule has 0 bridgehead atoms. The molecule has 158 valence electrons. The number of para-hydroxylation sites is 1. The number of carbonyl (C=O) groups excluding carboxylic acids is 3. The zero-order valence-electron chi connectivity index (χ0n) is 17.1. The third-order valence-electron chi connectivity index (χ3n) is 5.04. The molecule has 7 nitrogen and oxygen atoms in total. The number of rotatable bonds is 6. The van der Waals surface area contributed by atoms with E-state index in [1.54, 1.807) is 38.1 Å². The molecule has 0 fully saturated rings. The molecule has 7 heteroatoms. The minimum atomic E-state index is -1.61. The summed E-state index contributed by atoms with van der Waals surface area (Å²) < 4.78 is 15.9. The van der Waals surface area contributed by atoms with E-state index in [0.717, 1.165) is 5.56 Å². The Morgan fingerprint density at radius 3 is 2.10 bits per heavy atom. The van der Waals surface area contributed by atoms with Crippen molar-refractivity contribution in [2.24, 2.45) is 0 Å². The maximum Gasteiger partial charge on any atom is 0.414 e. The zero-order chi connectivity index (χ0) is 21.6. The van der Waals surface area contributed by atoms with Gasteiger partial charge in [0.15, 0.2) is 5.41 Å². The molecule has 1 amide bonds. The van der Waals surface area contributed by atoms with Crippen molar-refractivity contribution in [1.82, 2.24) is 0 Å². The molecule has 0 aromatic heterocycles. The highest BCUT2D eigenvalue weighted by atomic mass is 16.6. The van der Waals surface area contributed by atoms with Gasteiger partial charge in [-0.2, -0.15) is 0 Å². The van der Waals surface area contributed by atoms with E-state index in [9.17, 15) is 14.4 Å². The molecule has 0 aliphatic carbocycles. The largest absolute Gasteiger partial charge is 0.465 e. The van der Waals surface area contributed by atoms with Crippen LogP contribution in [0.2, 0.25) is 0 Å². The number of fused-ring (bicyclic) bond motifs is 1. The van der Waals surface area contributed by atoms with Crippen molar-refractivity contribution in [3.05, 3.63) is 65.7 Å². The maximum absolute atomic E-state index is 12.9. The van der Waals surface area contributed by atoms with Gasteiger partial charge in [-0.3, -0.25) is 14.5 Å². The van der Waals surface area contributed by atoms with Gasteiger partial charge in [-0.05, 0) is 31.9 Å². The number of hydrogen-bond donors (Lipinski definition) is 0. The van der Waals surface area contributed by atoms with E-state index in [1.807, 2.05) is 30.3 Å². The second-order valence-corrected chi connectivity index (χ2v) is 6.81. The molecule has 0 saturated heterocycles. The first-order chi connectivity index (χ1) is 14.5. The monoisotopic (exact) mass is 411 g/mol. The minimum Gasteiger partial charge on any atom is -0.465 e. The number of carbonyl (C=O) groups is 3. The van der Waals surface area contributed by atoms with E-state index in [-0.39, 0.29) is 32.8 Å². The molecule has 0 saturated carbocycles. The number of esters is 2. The Morgan fingerprint density at radius 1 is 0.867 bits per heavy atom. The van der Waals surface area contributed by atoms with E-state index < -0.39 is 23.4 Å². The van der Waals surface area contributed by atoms with Crippen LogP contribution in [0, 0.1) is 0 Å². The summed E-state index contributed by atoms with van der Waals surface area (Å²) >= 11 is 0. The van der Waals surface area contributed by atoms with Gasteiger partial charge in [0.05, 0.1) is 18.9 Å². The van der Waals surface area contributed by atoms with E-state index in [1.165, 1.54) is 4.90 Å². The number of nitrogens with zero attached hydrogens (tertiary/aromatic N) is 1. The normalized spacial score (nSPS) is 14.4. The quantitative estimate of drug-likeness (QED) is 0.410. The summed E-state index contributed by atoms with van der Waals surface area (Å²) in [6, 6.07) is 16.1. The lowest BCUT2D eigenvalue weighted by atomic mass is 9.74. The fourth-order valence-corrected chi connectivity index (χ4v) is 3.61. The molecule has 0 atom stereocenters. The van der Waals surface area contributed by atoms with Crippen molar-refractivity contribution >= 4 is 23.7 Å².